The second kappa shape index (κ2) is 10.4. The fourth-order valence-corrected chi connectivity index (χ4v) is 2.10. The minimum atomic E-state index is -0.761. The molecular formula is C13H26N4O3. The largest absolute Gasteiger partial charge is 0.481 e. The smallest absolute Gasteiger partial charge is 0.314 e. The Labute approximate surface area is 120 Å². The molecule has 0 saturated carbocycles. The van der Waals surface area contributed by atoms with E-state index in [4.69, 9.17) is 5.11 Å². The quantitative estimate of drug-likeness (QED) is 0.442. The lowest BCUT2D eigenvalue weighted by molar-refractivity contribution is -0.137. The Morgan fingerprint density at radius 1 is 1.05 bits per heavy atom. The van der Waals surface area contributed by atoms with Gasteiger partial charge in [0, 0.05) is 52.2 Å². The zero-order chi connectivity index (χ0) is 14.6. The fourth-order valence-electron chi connectivity index (χ4n) is 2.10. The van der Waals surface area contributed by atoms with Crippen molar-refractivity contribution in [1.29, 1.82) is 0 Å². The highest BCUT2D eigenvalue weighted by Crippen LogP contribution is 1.98. The van der Waals surface area contributed by atoms with Crippen molar-refractivity contribution >= 4 is 12.0 Å². The summed E-state index contributed by atoms with van der Waals surface area (Å²) in [5.74, 6) is -0.761. The van der Waals surface area contributed by atoms with Crippen molar-refractivity contribution in [3.63, 3.8) is 0 Å². The monoisotopic (exact) mass is 286 g/mol. The third kappa shape index (κ3) is 8.71. The zero-order valence-corrected chi connectivity index (χ0v) is 12.0. The van der Waals surface area contributed by atoms with Crippen LogP contribution in [0.2, 0.25) is 0 Å². The minimum absolute atomic E-state index is 0.140. The van der Waals surface area contributed by atoms with Crippen molar-refractivity contribution in [3.05, 3.63) is 0 Å². The summed E-state index contributed by atoms with van der Waals surface area (Å²) in [5, 5.41) is 17.4. The van der Waals surface area contributed by atoms with E-state index in [1.165, 1.54) is 0 Å². The summed E-state index contributed by atoms with van der Waals surface area (Å²) in [6.45, 7) is 6.24. The number of piperazine rings is 1. The first-order chi connectivity index (χ1) is 9.68. The van der Waals surface area contributed by atoms with E-state index in [2.05, 4.69) is 20.9 Å². The van der Waals surface area contributed by atoms with Gasteiger partial charge in [0.15, 0.2) is 0 Å². The van der Waals surface area contributed by atoms with Gasteiger partial charge in [0.25, 0.3) is 0 Å². The Balaban J connectivity index is 1.88. The molecular weight excluding hydrogens is 260 g/mol. The predicted octanol–water partition coefficient (Wildman–Crippen LogP) is -0.164. The second-order valence-electron chi connectivity index (χ2n) is 4.98. The topological polar surface area (TPSA) is 93.7 Å². The summed E-state index contributed by atoms with van der Waals surface area (Å²) in [6.07, 6.45) is 2.52. The molecule has 0 aliphatic carbocycles. The Morgan fingerprint density at radius 3 is 2.45 bits per heavy atom. The van der Waals surface area contributed by atoms with E-state index in [1.807, 2.05) is 0 Å². The number of aliphatic carboxylic acids is 1. The third-order valence-electron chi connectivity index (χ3n) is 3.28. The number of carbonyl (C=O) groups excluding carboxylic acids is 1. The molecule has 2 amide bonds. The van der Waals surface area contributed by atoms with E-state index >= 15 is 0 Å². The van der Waals surface area contributed by atoms with Gasteiger partial charge in [-0.05, 0) is 12.8 Å². The Hall–Kier alpha value is -1.34. The van der Waals surface area contributed by atoms with E-state index in [0.29, 0.717) is 19.5 Å². The van der Waals surface area contributed by atoms with Crippen LogP contribution >= 0.6 is 0 Å². The van der Waals surface area contributed by atoms with Gasteiger partial charge in [-0.15, -0.1) is 0 Å². The number of nitrogens with one attached hydrogen (secondary N) is 3. The Kier molecular flexibility index (Phi) is 8.73. The molecule has 1 rings (SSSR count). The van der Waals surface area contributed by atoms with Crippen LogP contribution in [0.3, 0.4) is 0 Å². The number of amides is 2. The first-order valence-corrected chi connectivity index (χ1v) is 7.35. The summed E-state index contributed by atoms with van der Waals surface area (Å²) in [4.78, 5) is 24.1. The van der Waals surface area contributed by atoms with Crippen LogP contribution in [0.5, 0.6) is 0 Å². The molecule has 0 aromatic carbocycles. The summed E-state index contributed by atoms with van der Waals surface area (Å²) >= 11 is 0. The van der Waals surface area contributed by atoms with Crippen LogP contribution < -0.4 is 16.0 Å². The molecule has 7 nitrogen and oxygen atoms in total. The predicted molar refractivity (Wildman–Crippen MR) is 76.8 cm³/mol. The van der Waals surface area contributed by atoms with Crippen molar-refractivity contribution in [3.8, 4) is 0 Å². The Morgan fingerprint density at radius 2 is 1.75 bits per heavy atom. The van der Waals surface area contributed by atoms with Crippen LogP contribution in [-0.2, 0) is 4.79 Å². The molecule has 0 bridgehead atoms. The van der Waals surface area contributed by atoms with Gasteiger partial charge in [-0.2, -0.15) is 0 Å². The molecule has 0 aromatic heterocycles. The van der Waals surface area contributed by atoms with Crippen LogP contribution in [0.4, 0.5) is 4.79 Å². The van der Waals surface area contributed by atoms with Gasteiger partial charge in [0.2, 0.25) is 0 Å². The van der Waals surface area contributed by atoms with Gasteiger partial charge in [-0.3, -0.25) is 9.69 Å². The molecule has 1 aliphatic heterocycles. The van der Waals surface area contributed by atoms with Gasteiger partial charge >= 0.3 is 12.0 Å². The minimum Gasteiger partial charge on any atom is -0.481 e. The van der Waals surface area contributed by atoms with Gasteiger partial charge < -0.3 is 21.1 Å². The molecule has 20 heavy (non-hydrogen) atoms. The number of nitrogens with zero attached hydrogens (tertiary/aromatic N) is 1. The number of unbranched alkanes of at least 4 members (excludes halogenated alkanes) is 2. The average molecular weight is 286 g/mol. The third-order valence-corrected chi connectivity index (χ3v) is 3.28. The van der Waals surface area contributed by atoms with Crippen LogP contribution in [0, 0.1) is 0 Å². The van der Waals surface area contributed by atoms with E-state index in [-0.39, 0.29) is 12.5 Å². The van der Waals surface area contributed by atoms with Crippen LogP contribution in [0.25, 0.3) is 0 Å². The summed E-state index contributed by atoms with van der Waals surface area (Å²) in [7, 11) is 0. The molecule has 1 saturated heterocycles. The fraction of sp³-hybridized carbons (Fsp3) is 0.846. The van der Waals surface area contributed by atoms with E-state index in [9.17, 15) is 9.59 Å². The summed E-state index contributed by atoms with van der Waals surface area (Å²) in [6, 6.07) is -0.140. The highest BCUT2D eigenvalue weighted by molar-refractivity contribution is 5.73. The summed E-state index contributed by atoms with van der Waals surface area (Å²) in [5.41, 5.74) is 0. The van der Waals surface area contributed by atoms with Crippen LogP contribution in [0.15, 0.2) is 0 Å². The molecule has 0 spiro atoms. The lowest BCUT2D eigenvalue weighted by Crippen LogP contribution is -2.47. The van der Waals surface area contributed by atoms with Gasteiger partial charge in [0.1, 0.15) is 0 Å². The number of hydrogen-bond donors (Lipinski definition) is 4. The first-order valence-electron chi connectivity index (χ1n) is 7.35. The molecule has 116 valence electrons. The van der Waals surface area contributed by atoms with E-state index in [1.54, 1.807) is 0 Å². The standard InChI is InChI=1S/C13H26N4O3/c18-12(19)4-2-1-3-5-15-13(20)16-8-11-17-9-6-14-7-10-17/h14H,1-11H2,(H,18,19)(H2,15,16,20). The maximum Gasteiger partial charge on any atom is 0.314 e. The average Bonchev–Trinajstić information content (AvgIpc) is 2.43. The molecule has 1 aliphatic rings. The van der Waals surface area contributed by atoms with E-state index < -0.39 is 5.97 Å². The number of carbonyl (C=O) groups is 2. The highest BCUT2D eigenvalue weighted by Gasteiger charge is 2.08. The number of carboxylic acid groups (broad SMARTS) is 1. The van der Waals surface area contributed by atoms with Crippen molar-refractivity contribution in [2.75, 3.05) is 45.8 Å². The van der Waals surface area contributed by atoms with Gasteiger partial charge in [-0.1, -0.05) is 6.42 Å². The number of rotatable bonds is 9. The molecule has 0 radical (unpaired) electrons. The summed E-state index contributed by atoms with van der Waals surface area (Å²) < 4.78 is 0. The van der Waals surface area contributed by atoms with Crippen molar-refractivity contribution in [2.45, 2.75) is 25.7 Å². The maximum absolute atomic E-state index is 11.5. The van der Waals surface area contributed by atoms with Crippen molar-refractivity contribution in [1.82, 2.24) is 20.9 Å². The molecule has 0 aromatic rings. The lowest BCUT2D eigenvalue weighted by atomic mass is 10.2. The molecule has 0 atom stereocenters. The molecule has 1 heterocycles. The number of carboxylic acids is 1. The van der Waals surface area contributed by atoms with Crippen molar-refractivity contribution in [2.24, 2.45) is 0 Å². The van der Waals surface area contributed by atoms with Crippen LogP contribution in [-0.4, -0.2) is 67.8 Å². The first kappa shape index (κ1) is 16.7. The number of urea groups is 1. The maximum atomic E-state index is 11.5. The number of hydrogen-bond acceptors (Lipinski definition) is 4. The molecule has 7 heteroatoms. The normalized spacial score (nSPS) is 15.8. The van der Waals surface area contributed by atoms with Gasteiger partial charge in [0.05, 0.1) is 0 Å². The SMILES string of the molecule is O=C(O)CCCCCNC(=O)NCCN1CCNCC1. The highest BCUT2D eigenvalue weighted by atomic mass is 16.4. The lowest BCUT2D eigenvalue weighted by Gasteiger charge is -2.27. The Bertz CT molecular complexity index is 293. The molecule has 0 unspecified atom stereocenters. The second-order valence-corrected chi connectivity index (χ2v) is 4.98. The van der Waals surface area contributed by atoms with Gasteiger partial charge in [-0.25, -0.2) is 4.79 Å². The van der Waals surface area contributed by atoms with E-state index in [0.717, 1.165) is 45.6 Å². The molecule has 1 fully saturated rings. The van der Waals surface area contributed by atoms with Crippen LogP contribution in [0.1, 0.15) is 25.7 Å². The molecule has 4 N–H and O–H groups in total. The zero-order valence-electron chi connectivity index (χ0n) is 12.0. The van der Waals surface area contributed by atoms with Crippen molar-refractivity contribution < 1.29 is 14.7 Å².